The van der Waals surface area contributed by atoms with Gasteiger partial charge < -0.3 is 17.7 Å². The van der Waals surface area contributed by atoms with Crippen LogP contribution in [0, 0.1) is 27.7 Å². The molecular formula is C28H24O4SSi. The van der Waals surface area contributed by atoms with E-state index >= 15 is 0 Å². The average molecular weight is 485 g/mol. The zero-order valence-electron chi connectivity index (χ0n) is 19.5. The minimum absolute atomic E-state index is 0.635. The molecule has 1 aliphatic heterocycles. The maximum absolute atomic E-state index is 6.78. The van der Waals surface area contributed by atoms with E-state index in [0.717, 1.165) is 32.0 Å². The lowest BCUT2D eigenvalue weighted by molar-refractivity contribution is 0.162. The summed E-state index contributed by atoms with van der Waals surface area (Å²) in [6.07, 6.45) is 0. The first-order valence-corrected chi connectivity index (χ1v) is 13.7. The molecule has 0 N–H and O–H groups in total. The molecule has 1 aromatic heterocycles. The van der Waals surface area contributed by atoms with Crippen LogP contribution in [0.1, 0.15) is 22.3 Å². The number of rotatable bonds is 4. The number of hydrogen-bond acceptors (Lipinski definition) is 5. The summed E-state index contributed by atoms with van der Waals surface area (Å²) < 4.78 is 28.9. The van der Waals surface area contributed by atoms with E-state index in [1.54, 1.807) is 11.3 Å². The third-order valence-corrected chi connectivity index (χ3v) is 9.18. The fourth-order valence-corrected chi connectivity index (χ4v) is 8.48. The normalized spacial score (nSPS) is 14.0. The molecule has 0 fully saturated rings. The zero-order chi connectivity index (χ0) is 23.4. The van der Waals surface area contributed by atoms with Gasteiger partial charge >= 0.3 is 9.05 Å². The predicted molar refractivity (Wildman–Crippen MR) is 139 cm³/mol. The highest BCUT2D eigenvalue weighted by Gasteiger charge is 2.60. The van der Waals surface area contributed by atoms with Gasteiger partial charge in [-0.25, -0.2) is 0 Å². The van der Waals surface area contributed by atoms with Crippen molar-refractivity contribution in [1.82, 2.24) is 0 Å². The van der Waals surface area contributed by atoms with Crippen LogP contribution in [0.4, 0.5) is 0 Å². The Morgan fingerprint density at radius 1 is 0.588 bits per heavy atom. The smallest absolute Gasteiger partial charge is 0.452 e. The number of hydrogen-bond donors (Lipinski definition) is 0. The molecule has 0 atom stereocenters. The quantitative estimate of drug-likeness (QED) is 0.246. The first kappa shape index (κ1) is 21.1. The SMILES string of the molecule is Cc1cc(C)c2c3sc4c(c(C)cc(C)c42)O[Si](Oc2ccccc2)(Oc2ccccc2)Oc13. The van der Waals surface area contributed by atoms with Gasteiger partial charge in [0.2, 0.25) is 0 Å². The number of thiophene rings is 1. The Kier molecular flexibility index (Phi) is 4.83. The Hall–Kier alpha value is -3.48. The lowest BCUT2D eigenvalue weighted by atomic mass is 9.99. The molecule has 0 spiro atoms. The largest absolute Gasteiger partial charge is 0.966 e. The van der Waals surface area contributed by atoms with Crippen LogP contribution in [0.5, 0.6) is 23.0 Å². The fourth-order valence-electron chi connectivity index (χ4n) is 4.68. The Bertz CT molecular complexity index is 1430. The maximum Gasteiger partial charge on any atom is 0.966 e. The number of fused-ring (bicyclic) bond motifs is 1. The molecule has 2 heterocycles. The third-order valence-electron chi connectivity index (χ3n) is 6.12. The van der Waals surface area contributed by atoms with Crippen molar-refractivity contribution in [3.63, 3.8) is 0 Å². The summed E-state index contributed by atoms with van der Waals surface area (Å²) in [5, 5.41) is 2.43. The topological polar surface area (TPSA) is 36.9 Å². The van der Waals surface area contributed by atoms with Gasteiger partial charge in [0.25, 0.3) is 0 Å². The average Bonchev–Trinajstić information content (AvgIpc) is 3.22. The van der Waals surface area contributed by atoms with E-state index in [-0.39, 0.29) is 0 Å². The molecule has 4 aromatic carbocycles. The summed E-state index contributed by atoms with van der Waals surface area (Å²) >= 11 is 1.72. The van der Waals surface area contributed by atoms with Crippen LogP contribution in [0.25, 0.3) is 20.2 Å². The van der Waals surface area contributed by atoms with Gasteiger partial charge in [-0.05, 0) is 74.2 Å². The zero-order valence-corrected chi connectivity index (χ0v) is 21.3. The van der Waals surface area contributed by atoms with Gasteiger partial charge in [-0.1, -0.05) is 48.5 Å². The first-order valence-electron chi connectivity index (χ1n) is 11.3. The molecular weight excluding hydrogens is 460 g/mol. The minimum Gasteiger partial charge on any atom is -0.452 e. The van der Waals surface area contributed by atoms with Crippen molar-refractivity contribution in [2.75, 3.05) is 0 Å². The second kappa shape index (κ2) is 7.79. The molecule has 4 nitrogen and oxygen atoms in total. The van der Waals surface area contributed by atoms with Gasteiger partial charge in [-0.15, -0.1) is 11.3 Å². The van der Waals surface area contributed by atoms with E-state index in [2.05, 4.69) is 39.8 Å². The first-order chi connectivity index (χ1) is 16.4. The van der Waals surface area contributed by atoms with Crippen LogP contribution in [0.3, 0.4) is 0 Å². The van der Waals surface area contributed by atoms with Gasteiger partial charge in [0.05, 0.1) is 9.40 Å². The molecule has 6 heteroatoms. The number of para-hydroxylation sites is 2. The highest BCUT2D eigenvalue weighted by molar-refractivity contribution is 7.26. The monoisotopic (exact) mass is 484 g/mol. The van der Waals surface area contributed by atoms with Gasteiger partial charge in [0.15, 0.2) is 0 Å². The molecule has 1 aliphatic rings. The van der Waals surface area contributed by atoms with Crippen molar-refractivity contribution in [3.8, 4) is 23.0 Å². The molecule has 0 radical (unpaired) electrons. The number of benzene rings is 4. The molecule has 34 heavy (non-hydrogen) atoms. The molecule has 0 unspecified atom stereocenters. The summed E-state index contributed by atoms with van der Waals surface area (Å²) in [6, 6.07) is 23.6. The summed E-state index contributed by atoms with van der Waals surface area (Å²) in [5.41, 5.74) is 4.52. The molecule has 5 aromatic rings. The summed E-state index contributed by atoms with van der Waals surface area (Å²) in [6.45, 7) is 8.46. The van der Waals surface area contributed by atoms with Crippen molar-refractivity contribution in [3.05, 3.63) is 95.1 Å². The molecule has 170 valence electrons. The third kappa shape index (κ3) is 3.33. The van der Waals surface area contributed by atoms with Crippen molar-refractivity contribution in [1.29, 1.82) is 0 Å². The Balaban J connectivity index is 1.65. The lowest BCUT2D eigenvalue weighted by Crippen LogP contribution is -2.60. The minimum atomic E-state index is -3.83. The standard InChI is InChI=1S/C28H24O4SSi/c1-17-15-19(3)25-27-23(17)24-18(2)16-20(4)26(28(24)33-27)32-34(31-25,29-21-11-7-5-8-12-21)30-22-13-9-6-10-14-22/h5-16H,1-4H3. The van der Waals surface area contributed by atoms with Crippen LogP contribution in [0.2, 0.25) is 0 Å². The van der Waals surface area contributed by atoms with Gasteiger partial charge in [-0.3, -0.25) is 0 Å². The summed E-state index contributed by atoms with van der Waals surface area (Å²) in [7, 11) is -3.83. The number of aryl methyl sites for hydroxylation is 4. The maximum atomic E-state index is 6.78. The van der Waals surface area contributed by atoms with E-state index in [9.17, 15) is 0 Å². The van der Waals surface area contributed by atoms with Crippen LogP contribution in [0.15, 0.2) is 72.8 Å². The van der Waals surface area contributed by atoms with E-state index in [0.29, 0.717) is 11.5 Å². The molecule has 0 aliphatic carbocycles. The fraction of sp³-hybridized carbons (Fsp3) is 0.143. The van der Waals surface area contributed by atoms with Crippen LogP contribution in [-0.4, -0.2) is 9.05 Å². The van der Waals surface area contributed by atoms with E-state index in [4.69, 9.17) is 17.7 Å². The highest BCUT2D eigenvalue weighted by atomic mass is 32.1. The van der Waals surface area contributed by atoms with Crippen LogP contribution < -0.4 is 17.7 Å². The molecule has 0 amide bonds. The van der Waals surface area contributed by atoms with Crippen LogP contribution in [-0.2, 0) is 0 Å². The molecule has 2 bridgehead atoms. The van der Waals surface area contributed by atoms with Crippen molar-refractivity contribution in [2.24, 2.45) is 0 Å². The van der Waals surface area contributed by atoms with Gasteiger partial charge in [0.1, 0.15) is 23.0 Å². The van der Waals surface area contributed by atoms with Crippen molar-refractivity contribution in [2.45, 2.75) is 27.7 Å². The highest BCUT2D eigenvalue weighted by Crippen LogP contribution is 2.50. The molecule has 6 rings (SSSR count). The Morgan fingerprint density at radius 3 is 1.41 bits per heavy atom. The predicted octanol–water partition coefficient (Wildman–Crippen LogP) is 7.65. The van der Waals surface area contributed by atoms with E-state index < -0.39 is 9.05 Å². The van der Waals surface area contributed by atoms with E-state index in [1.165, 1.54) is 21.9 Å². The second-order valence-corrected chi connectivity index (χ2v) is 11.6. The Labute approximate surface area is 203 Å². The molecule has 0 saturated heterocycles. The van der Waals surface area contributed by atoms with Crippen LogP contribution >= 0.6 is 11.3 Å². The van der Waals surface area contributed by atoms with Crippen molar-refractivity contribution < 1.29 is 17.7 Å². The van der Waals surface area contributed by atoms with Crippen molar-refractivity contribution >= 4 is 40.6 Å². The van der Waals surface area contributed by atoms with E-state index in [1.807, 2.05) is 60.7 Å². The Morgan fingerprint density at radius 2 is 1.00 bits per heavy atom. The van der Waals surface area contributed by atoms with Gasteiger partial charge in [-0.2, -0.15) is 0 Å². The lowest BCUT2D eigenvalue weighted by Gasteiger charge is -2.30. The summed E-state index contributed by atoms with van der Waals surface area (Å²) in [5.74, 6) is 2.80. The second-order valence-electron chi connectivity index (χ2n) is 8.72. The summed E-state index contributed by atoms with van der Waals surface area (Å²) in [4.78, 5) is 0. The molecule has 0 saturated carbocycles. The van der Waals surface area contributed by atoms with Gasteiger partial charge in [0, 0.05) is 10.8 Å².